The number of Topliss-reactive ketones (excluding diaryl/α,β-unsaturated/α-hetero) is 2. The molecule has 4 aromatic rings. The van der Waals surface area contributed by atoms with Crippen molar-refractivity contribution in [3.8, 4) is 0 Å². The van der Waals surface area contributed by atoms with Crippen LogP contribution in [-0.2, 0) is 0 Å². The first-order valence-corrected chi connectivity index (χ1v) is 8.27. The Labute approximate surface area is 151 Å². The number of rotatable bonds is 2. The molecule has 26 heavy (non-hydrogen) atoms. The molecular formula is C22H18N2O2. The first kappa shape index (κ1) is 17.4. The topological polar surface area (TPSA) is 59.9 Å². The van der Waals surface area contributed by atoms with Crippen molar-refractivity contribution in [3.63, 3.8) is 0 Å². The maximum absolute atomic E-state index is 11.2. The standard InChI is InChI=1S/2C11H9NO/c2*1-8(13)10-6-2-4-9-5-3-7-12-11(9)10/h2*2-7H,1H3. The molecule has 2 heterocycles. The normalized spacial score (nSPS) is 10.2. The SMILES string of the molecule is CC(=O)c1cccc2cccnc12.CC(=O)c1cccc2cccnc12. The number of nitrogens with zero attached hydrogens (tertiary/aromatic N) is 2. The Morgan fingerprint density at radius 3 is 1.38 bits per heavy atom. The van der Waals surface area contributed by atoms with E-state index in [4.69, 9.17) is 0 Å². The fraction of sp³-hybridized carbons (Fsp3) is 0.0909. The molecule has 0 aliphatic rings. The van der Waals surface area contributed by atoms with E-state index in [1.54, 1.807) is 38.4 Å². The van der Waals surface area contributed by atoms with Crippen LogP contribution in [0.25, 0.3) is 21.8 Å². The summed E-state index contributed by atoms with van der Waals surface area (Å²) in [4.78, 5) is 30.8. The maximum Gasteiger partial charge on any atom is 0.161 e. The van der Waals surface area contributed by atoms with Gasteiger partial charge < -0.3 is 0 Å². The number of benzene rings is 2. The van der Waals surface area contributed by atoms with Crippen molar-refractivity contribution in [2.75, 3.05) is 0 Å². The van der Waals surface area contributed by atoms with E-state index in [1.165, 1.54) is 0 Å². The third-order valence-corrected chi connectivity index (χ3v) is 4.02. The van der Waals surface area contributed by atoms with Crippen molar-refractivity contribution in [1.29, 1.82) is 0 Å². The van der Waals surface area contributed by atoms with Gasteiger partial charge in [-0.1, -0.05) is 36.4 Å². The van der Waals surface area contributed by atoms with E-state index in [1.807, 2.05) is 48.5 Å². The summed E-state index contributed by atoms with van der Waals surface area (Å²) >= 11 is 0. The van der Waals surface area contributed by atoms with Crippen LogP contribution in [0.15, 0.2) is 73.1 Å². The van der Waals surface area contributed by atoms with Gasteiger partial charge in [0, 0.05) is 34.3 Å². The van der Waals surface area contributed by atoms with Gasteiger partial charge >= 0.3 is 0 Å². The van der Waals surface area contributed by atoms with Crippen molar-refractivity contribution in [2.45, 2.75) is 13.8 Å². The van der Waals surface area contributed by atoms with Crippen LogP contribution in [0.1, 0.15) is 34.6 Å². The van der Waals surface area contributed by atoms with Crippen LogP contribution in [0, 0.1) is 0 Å². The van der Waals surface area contributed by atoms with Crippen LogP contribution >= 0.6 is 0 Å². The lowest BCUT2D eigenvalue weighted by Gasteiger charge is -2.00. The number of carbonyl (C=O) groups is 2. The second-order valence-corrected chi connectivity index (χ2v) is 5.87. The van der Waals surface area contributed by atoms with Crippen molar-refractivity contribution in [1.82, 2.24) is 9.97 Å². The molecule has 0 unspecified atom stereocenters. The van der Waals surface area contributed by atoms with Crippen LogP contribution in [0.5, 0.6) is 0 Å². The van der Waals surface area contributed by atoms with Crippen LogP contribution in [0.4, 0.5) is 0 Å². The zero-order valence-corrected chi connectivity index (χ0v) is 14.6. The van der Waals surface area contributed by atoms with Crippen molar-refractivity contribution >= 4 is 33.4 Å². The first-order chi connectivity index (χ1) is 12.6. The molecule has 0 bridgehead atoms. The van der Waals surface area contributed by atoms with Gasteiger partial charge in [0.2, 0.25) is 0 Å². The molecule has 0 saturated heterocycles. The van der Waals surface area contributed by atoms with Gasteiger partial charge in [-0.2, -0.15) is 0 Å². The highest BCUT2D eigenvalue weighted by atomic mass is 16.1. The third-order valence-electron chi connectivity index (χ3n) is 4.02. The molecule has 0 fully saturated rings. The lowest BCUT2D eigenvalue weighted by atomic mass is 10.1. The Bertz CT molecular complexity index is 1000. The highest BCUT2D eigenvalue weighted by molar-refractivity contribution is 6.06. The molecule has 0 aliphatic carbocycles. The molecular weight excluding hydrogens is 324 g/mol. The van der Waals surface area contributed by atoms with E-state index in [2.05, 4.69) is 9.97 Å². The van der Waals surface area contributed by atoms with E-state index < -0.39 is 0 Å². The van der Waals surface area contributed by atoms with E-state index >= 15 is 0 Å². The van der Waals surface area contributed by atoms with Crippen molar-refractivity contribution in [2.24, 2.45) is 0 Å². The molecule has 2 aromatic carbocycles. The molecule has 128 valence electrons. The predicted molar refractivity (Wildman–Crippen MR) is 103 cm³/mol. The summed E-state index contributed by atoms with van der Waals surface area (Å²) in [6, 6.07) is 18.9. The fourth-order valence-corrected chi connectivity index (χ4v) is 2.78. The monoisotopic (exact) mass is 342 g/mol. The second-order valence-electron chi connectivity index (χ2n) is 5.87. The second kappa shape index (κ2) is 7.66. The summed E-state index contributed by atoms with van der Waals surface area (Å²) in [5.74, 6) is 0.119. The fourth-order valence-electron chi connectivity index (χ4n) is 2.78. The van der Waals surface area contributed by atoms with E-state index in [0.717, 1.165) is 21.8 Å². The van der Waals surface area contributed by atoms with E-state index in [0.29, 0.717) is 11.1 Å². The molecule has 4 nitrogen and oxygen atoms in total. The number of aromatic nitrogens is 2. The molecule has 0 N–H and O–H groups in total. The Morgan fingerprint density at radius 1 is 0.615 bits per heavy atom. The van der Waals surface area contributed by atoms with Crippen LogP contribution < -0.4 is 0 Å². The average molecular weight is 342 g/mol. The van der Waals surface area contributed by atoms with E-state index in [9.17, 15) is 9.59 Å². The first-order valence-electron chi connectivity index (χ1n) is 8.27. The third kappa shape index (κ3) is 3.64. The lowest BCUT2D eigenvalue weighted by Crippen LogP contribution is -1.94. The minimum Gasteiger partial charge on any atom is -0.294 e. The van der Waals surface area contributed by atoms with Gasteiger partial charge in [-0.15, -0.1) is 0 Å². The van der Waals surface area contributed by atoms with Crippen molar-refractivity contribution in [3.05, 3.63) is 84.2 Å². The summed E-state index contributed by atoms with van der Waals surface area (Å²) in [6.07, 6.45) is 3.41. The molecule has 0 atom stereocenters. The number of ketones is 2. The van der Waals surface area contributed by atoms with Gasteiger partial charge in [0.15, 0.2) is 11.6 Å². The number of para-hydroxylation sites is 2. The van der Waals surface area contributed by atoms with Gasteiger partial charge in [-0.05, 0) is 38.1 Å². The summed E-state index contributed by atoms with van der Waals surface area (Å²) < 4.78 is 0. The largest absolute Gasteiger partial charge is 0.294 e. The molecule has 0 radical (unpaired) electrons. The zero-order chi connectivity index (χ0) is 18.5. The predicted octanol–water partition coefficient (Wildman–Crippen LogP) is 4.87. The number of hydrogen-bond donors (Lipinski definition) is 0. The lowest BCUT2D eigenvalue weighted by molar-refractivity contribution is 0.101. The summed E-state index contributed by atoms with van der Waals surface area (Å²) in [7, 11) is 0. The minimum atomic E-state index is 0.0595. The van der Waals surface area contributed by atoms with Crippen LogP contribution in [0.2, 0.25) is 0 Å². The van der Waals surface area contributed by atoms with Gasteiger partial charge in [-0.25, -0.2) is 0 Å². The van der Waals surface area contributed by atoms with Gasteiger partial charge in [0.05, 0.1) is 11.0 Å². The quantitative estimate of drug-likeness (QED) is 0.487. The molecule has 0 aliphatic heterocycles. The highest BCUT2D eigenvalue weighted by Crippen LogP contribution is 2.16. The number of carbonyl (C=O) groups excluding carboxylic acids is 2. The molecule has 4 rings (SSSR count). The van der Waals surface area contributed by atoms with E-state index in [-0.39, 0.29) is 11.6 Å². The number of pyridine rings is 2. The van der Waals surface area contributed by atoms with Crippen LogP contribution in [-0.4, -0.2) is 21.5 Å². The number of fused-ring (bicyclic) bond motifs is 2. The van der Waals surface area contributed by atoms with Gasteiger partial charge in [0.1, 0.15) is 0 Å². The Morgan fingerprint density at radius 2 is 1.00 bits per heavy atom. The summed E-state index contributed by atoms with van der Waals surface area (Å²) in [6.45, 7) is 3.12. The molecule has 0 spiro atoms. The van der Waals surface area contributed by atoms with Gasteiger partial charge in [0.25, 0.3) is 0 Å². The van der Waals surface area contributed by atoms with Crippen LogP contribution in [0.3, 0.4) is 0 Å². The maximum atomic E-state index is 11.2. The minimum absolute atomic E-state index is 0.0595. The van der Waals surface area contributed by atoms with Gasteiger partial charge in [-0.3, -0.25) is 19.6 Å². The zero-order valence-electron chi connectivity index (χ0n) is 14.6. The average Bonchev–Trinajstić information content (AvgIpc) is 2.67. The summed E-state index contributed by atoms with van der Waals surface area (Å²) in [5, 5.41) is 2.02. The Balaban J connectivity index is 0.000000151. The smallest absolute Gasteiger partial charge is 0.161 e. The summed E-state index contributed by atoms with van der Waals surface area (Å²) in [5.41, 5.74) is 2.96. The Hall–Kier alpha value is -3.40. The molecule has 2 aromatic heterocycles. The number of hydrogen-bond acceptors (Lipinski definition) is 4. The highest BCUT2D eigenvalue weighted by Gasteiger charge is 2.05. The molecule has 0 saturated carbocycles. The molecule has 4 heteroatoms. The van der Waals surface area contributed by atoms with Crippen molar-refractivity contribution < 1.29 is 9.59 Å². The Kier molecular flexibility index (Phi) is 5.13. The molecule has 0 amide bonds.